The number of fused-ring (bicyclic) bond motifs is 1. The zero-order chi connectivity index (χ0) is 21.8. The van der Waals surface area contributed by atoms with E-state index in [2.05, 4.69) is 25.7 Å². The van der Waals surface area contributed by atoms with Crippen LogP contribution in [0.1, 0.15) is 6.92 Å². The summed E-state index contributed by atoms with van der Waals surface area (Å²) in [6, 6.07) is 12.8. The van der Waals surface area contributed by atoms with Crippen molar-refractivity contribution >= 4 is 46.0 Å². The lowest BCUT2D eigenvalue weighted by Gasteiger charge is -2.07. The Bertz CT molecular complexity index is 1240. The number of rotatable bonds is 6. The summed E-state index contributed by atoms with van der Waals surface area (Å²) >= 11 is 1.27. The molecule has 2 heterocycles. The summed E-state index contributed by atoms with van der Waals surface area (Å²) in [6.07, 6.45) is 3.03. The number of nitrogens with zero attached hydrogens (tertiary/aromatic N) is 4. The molecule has 4 aromatic rings. The Morgan fingerprint density at radius 2 is 1.68 bits per heavy atom. The van der Waals surface area contributed by atoms with Crippen molar-refractivity contribution < 1.29 is 14.0 Å². The number of aromatic nitrogens is 4. The smallest absolute Gasteiger partial charge is 0.234 e. The Balaban J connectivity index is 1.43. The van der Waals surface area contributed by atoms with Crippen LogP contribution in [0.5, 0.6) is 0 Å². The summed E-state index contributed by atoms with van der Waals surface area (Å²) in [7, 11) is 0. The minimum absolute atomic E-state index is 0.140. The number of benzene rings is 2. The third-order valence-electron chi connectivity index (χ3n) is 4.23. The summed E-state index contributed by atoms with van der Waals surface area (Å²) in [5.41, 5.74) is 2.52. The Morgan fingerprint density at radius 3 is 2.35 bits per heavy atom. The highest BCUT2D eigenvalue weighted by Crippen LogP contribution is 2.26. The van der Waals surface area contributed by atoms with Gasteiger partial charge in [-0.15, -0.1) is 0 Å². The fourth-order valence-corrected chi connectivity index (χ4v) is 3.64. The van der Waals surface area contributed by atoms with Gasteiger partial charge in [-0.2, -0.15) is 5.10 Å². The maximum atomic E-state index is 13.2. The van der Waals surface area contributed by atoms with Crippen molar-refractivity contribution in [1.29, 1.82) is 0 Å². The second-order valence-corrected chi connectivity index (χ2v) is 7.51. The lowest BCUT2D eigenvalue weighted by molar-refractivity contribution is -0.114. The molecule has 0 saturated heterocycles. The van der Waals surface area contributed by atoms with Crippen LogP contribution in [0.15, 0.2) is 66.1 Å². The summed E-state index contributed by atoms with van der Waals surface area (Å²) in [5.74, 6) is -0.551. The van der Waals surface area contributed by atoms with Crippen LogP contribution in [0.25, 0.3) is 16.7 Å². The molecule has 2 amide bonds. The number of hydrogen-bond acceptors (Lipinski definition) is 6. The molecule has 2 aromatic heterocycles. The van der Waals surface area contributed by atoms with E-state index in [1.807, 2.05) is 0 Å². The van der Waals surface area contributed by atoms with E-state index in [9.17, 15) is 14.0 Å². The van der Waals surface area contributed by atoms with Gasteiger partial charge in [0.25, 0.3) is 0 Å². The van der Waals surface area contributed by atoms with Crippen molar-refractivity contribution in [3.63, 3.8) is 0 Å². The summed E-state index contributed by atoms with van der Waals surface area (Å²) in [5, 5.41) is 11.1. The molecule has 0 fully saturated rings. The molecule has 0 bridgehead atoms. The van der Waals surface area contributed by atoms with Crippen molar-refractivity contribution in [2.45, 2.75) is 11.9 Å². The quantitative estimate of drug-likeness (QED) is 0.353. The van der Waals surface area contributed by atoms with Gasteiger partial charge in [-0.1, -0.05) is 11.8 Å². The van der Waals surface area contributed by atoms with E-state index in [0.29, 0.717) is 33.1 Å². The van der Waals surface area contributed by atoms with Crippen LogP contribution in [0.4, 0.5) is 15.8 Å². The molecule has 2 N–H and O–H groups in total. The summed E-state index contributed by atoms with van der Waals surface area (Å²) < 4.78 is 14.8. The van der Waals surface area contributed by atoms with Crippen molar-refractivity contribution in [1.82, 2.24) is 19.7 Å². The highest BCUT2D eigenvalue weighted by atomic mass is 32.2. The minimum atomic E-state index is -0.332. The second-order valence-electron chi connectivity index (χ2n) is 6.54. The average molecular weight is 436 g/mol. The Morgan fingerprint density at radius 1 is 1.00 bits per heavy atom. The van der Waals surface area contributed by atoms with Crippen LogP contribution >= 0.6 is 11.8 Å². The van der Waals surface area contributed by atoms with E-state index in [1.165, 1.54) is 37.1 Å². The molecule has 0 unspecified atom stereocenters. The normalized spacial score (nSPS) is 10.8. The topological polar surface area (TPSA) is 102 Å². The number of thioether (sulfide) groups is 1. The zero-order valence-electron chi connectivity index (χ0n) is 16.4. The van der Waals surface area contributed by atoms with Crippen LogP contribution < -0.4 is 10.6 Å². The van der Waals surface area contributed by atoms with Gasteiger partial charge in [0, 0.05) is 18.3 Å². The molecular weight excluding hydrogens is 419 g/mol. The fraction of sp³-hybridized carbons (Fsp3) is 0.0952. The van der Waals surface area contributed by atoms with Gasteiger partial charge in [-0.3, -0.25) is 9.59 Å². The van der Waals surface area contributed by atoms with Gasteiger partial charge in [-0.05, 0) is 48.5 Å². The van der Waals surface area contributed by atoms with Gasteiger partial charge in [0.1, 0.15) is 17.2 Å². The monoisotopic (exact) mass is 436 g/mol. The largest absolute Gasteiger partial charge is 0.326 e. The molecule has 0 radical (unpaired) electrons. The van der Waals surface area contributed by atoms with Crippen molar-refractivity contribution in [2.75, 3.05) is 16.4 Å². The molecule has 0 aliphatic rings. The number of halogens is 1. The van der Waals surface area contributed by atoms with Crippen molar-refractivity contribution in [3.8, 4) is 5.69 Å². The highest BCUT2D eigenvalue weighted by Gasteiger charge is 2.13. The first-order valence-electron chi connectivity index (χ1n) is 9.24. The molecule has 2 aromatic carbocycles. The number of anilines is 2. The SMILES string of the molecule is CC(=O)Nc1ccc(NC(=O)CSc2ncnc3c2cnn3-c2ccc(F)cc2)cc1. The highest BCUT2D eigenvalue weighted by molar-refractivity contribution is 8.00. The van der Waals surface area contributed by atoms with Crippen LogP contribution in [0.3, 0.4) is 0 Å². The zero-order valence-corrected chi connectivity index (χ0v) is 17.2. The molecule has 10 heteroatoms. The third-order valence-corrected chi connectivity index (χ3v) is 5.23. The number of nitrogens with one attached hydrogen (secondary N) is 2. The van der Waals surface area contributed by atoms with Gasteiger partial charge in [0.05, 0.1) is 23.0 Å². The first kappa shape index (κ1) is 20.5. The minimum Gasteiger partial charge on any atom is -0.326 e. The van der Waals surface area contributed by atoms with Gasteiger partial charge in [0.2, 0.25) is 11.8 Å². The average Bonchev–Trinajstić information content (AvgIpc) is 3.19. The molecule has 0 aliphatic heterocycles. The molecule has 0 atom stereocenters. The number of carbonyl (C=O) groups excluding carboxylic acids is 2. The van der Waals surface area contributed by atoms with Gasteiger partial charge in [-0.25, -0.2) is 19.0 Å². The fourth-order valence-electron chi connectivity index (χ4n) is 2.88. The van der Waals surface area contributed by atoms with Crippen LogP contribution in [-0.2, 0) is 9.59 Å². The van der Waals surface area contributed by atoms with Crippen LogP contribution in [0, 0.1) is 5.82 Å². The number of hydrogen-bond donors (Lipinski definition) is 2. The molecule has 4 rings (SSSR count). The Labute approximate surface area is 180 Å². The third kappa shape index (κ3) is 4.86. The summed E-state index contributed by atoms with van der Waals surface area (Å²) in [6.45, 7) is 1.43. The lowest BCUT2D eigenvalue weighted by atomic mass is 10.3. The predicted molar refractivity (Wildman–Crippen MR) is 117 cm³/mol. The van der Waals surface area contributed by atoms with Crippen LogP contribution in [0.2, 0.25) is 0 Å². The van der Waals surface area contributed by atoms with Gasteiger partial charge < -0.3 is 10.6 Å². The maximum absolute atomic E-state index is 13.2. The molecule has 0 spiro atoms. The first-order chi connectivity index (χ1) is 15.0. The number of carbonyl (C=O) groups is 2. The Hall–Kier alpha value is -3.79. The van der Waals surface area contributed by atoms with E-state index in [-0.39, 0.29) is 23.4 Å². The molecule has 31 heavy (non-hydrogen) atoms. The Kier molecular flexibility index (Phi) is 5.89. The van der Waals surface area contributed by atoms with E-state index >= 15 is 0 Å². The molecule has 0 saturated carbocycles. The van der Waals surface area contributed by atoms with E-state index in [0.717, 1.165) is 0 Å². The number of amides is 2. The standard InChI is InChI=1S/C21H17FN6O2S/c1-13(29)26-15-4-6-16(7-5-15)27-19(30)11-31-21-18-10-25-28(20(18)23-12-24-21)17-8-2-14(22)3-9-17/h2-10,12H,11H2,1H3,(H,26,29)(H,27,30). The lowest BCUT2D eigenvalue weighted by Crippen LogP contribution is -2.14. The van der Waals surface area contributed by atoms with Gasteiger partial charge in [0.15, 0.2) is 5.65 Å². The summed E-state index contributed by atoms with van der Waals surface area (Å²) in [4.78, 5) is 32.0. The molecule has 8 nitrogen and oxygen atoms in total. The maximum Gasteiger partial charge on any atom is 0.234 e. The van der Waals surface area contributed by atoms with Gasteiger partial charge >= 0.3 is 0 Å². The van der Waals surface area contributed by atoms with Crippen molar-refractivity contribution in [2.24, 2.45) is 0 Å². The molecular formula is C21H17FN6O2S. The van der Waals surface area contributed by atoms with Crippen molar-refractivity contribution in [3.05, 3.63) is 66.9 Å². The second kappa shape index (κ2) is 8.92. The van der Waals surface area contributed by atoms with E-state index in [4.69, 9.17) is 0 Å². The van der Waals surface area contributed by atoms with E-state index < -0.39 is 0 Å². The molecule has 156 valence electrons. The molecule has 0 aliphatic carbocycles. The van der Waals surface area contributed by atoms with Crippen LogP contribution in [-0.4, -0.2) is 37.3 Å². The first-order valence-corrected chi connectivity index (χ1v) is 10.2. The predicted octanol–water partition coefficient (Wildman–Crippen LogP) is 3.64. The van der Waals surface area contributed by atoms with E-state index in [1.54, 1.807) is 47.3 Å².